The van der Waals surface area contributed by atoms with Crippen molar-refractivity contribution in [1.29, 1.82) is 0 Å². The Labute approximate surface area is 96.9 Å². The maximum Gasteiger partial charge on any atom is 0.00682 e. The fourth-order valence-corrected chi connectivity index (χ4v) is 2.60. The van der Waals surface area contributed by atoms with E-state index in [1.807, 2.05) is 0 Å². The van der Waals surface area contributed by atoms with Crippen LogP contribution in [-0.4, -0.2) is 12.6 Å². The van der Waals surface area contributed by atoms with Crippen LogP contribution in [0.25, 0.3) is 0 Å². The van der Waals surface area contributed by atoms with Crippen LogP contribution in [0.3, 0.4) is 0 Å². The van der Waals surface area contributed by atoms with E-state index >= 15 is 0 Å². The summed E-state index contributed by atoms with van der Waals surface area (Å²) in [5.74, 6) is 0. The predicted octanol–water partition coefficient (Wildman–Crippen LogP) is 3.46. The standard InChI is InChI=1S/C13H21NS/c1-13(2,6-7-14-12-3-4-12)9-11-5-8-15-10-11/h5,8,10,12,14H,3-4,6-7,9H2,1-2H3. The lowest BCUT2D eigenvalue weighted by atomic mass is 9.83. The van der Waals surface area contributed by atoms with E-state index in [1.54, 1.807) is 11.3 Å². The van der Waals surface area contributed by atoms with Gasteiger partial charge in [-0.1, -0.05) is 13.8 Å². The van der Waals surface area contributed by atoms with Crippen molar-refractivity contribution >= 4 is 11.3 Å². The molecule has 0 amide bonds. The van der Waals surface area contributed by atoms with Crippen molar-refractivity contribution in [3.05, 3.63) is 22.4 Å². The van der Waals surface area contributed by atoms with Gasteiger partial charge in [0.2, 0.25) is 0 Å². The van der Waals surface area contributed by atoms with Gasteiger partial charge in [0.15, 0.2) is 0 Å². The Balaban J connectivity index is 1.72. The van der Waals surface area contributed by atoms with Gasteiger partial charge in [-0.3, -0.25) is 0 Å². The molecule has 0 bridgehead atoms. The smallest absolute Gasteiger partial charge is 0.00682 e. The molecule has 0 aliphatic heterocycles. The highest BCUT2D eigenvalue weighted by Gasteiger charge is 2.23. The molecule has 1 aliphatic rings. The van der Waals surface area contributed by atoms with Crippen LogP contribution in [0.4, 0.5) is 0 Å². The van der Waals surface area contributed by atoms with Crippen molar-refractivity contribution in [2.75, 3.05) is 6.54 Å². The molecule has 1 nitrogen and oxygen atoms in total. The van der Waals surface area contributed by atoms with Crippen LogP contribution in [0.15, 0.2) is 16.8 Å². The lowest BCUT2D eigenvalue weighted by Crippen LogP contribution is -2.25. The molecule has 2 heteroatoms. The van der Waals surface area contributed by atoms with Crippen LogP contribution in [-0.2, 0) is 6.42 Å². The first-order valence-corrected chi connectivity index (χ1v) is 6.84. The van der Waals surface area contributed by atoms with Crippen molar-refractivity contribution in [3.8, 4) is 0 Å². The van der Waals surface area contributed by atoms with Gasteiger partial charge in [0, 0.05) is 6.04 Å². The van der Waals surface area contributed by atoms with Crippen LogP contribution in [0.1, 0.15) is 38.7 Å². The summed E-state index contributed by atoms with van der Waals surface area (Å²) in [6, 6.07) is 3.10. The van der Waals surface area contributed by atoms with E-state index in [4.69, 9.17) is 0 Å². The van der Waals surface area contributed by atoms with E-state index in [1.165, 1.54) is 37.8 Å². The van der Waals surface area contributed by atoms with Gasteiger partial charge in [-0.2, -0.15) is 11.3 Å². The molecule has 0 aromatic carbocycles. The number of rotatable bonds is 6. The second kappa shape index (κ2) is 4.67. The second-order valence-electron chi connectivity index (χ2n) is 5.45. The summed E-state index contributed by atoms with van der Waals surface area (Å²) in [5, 5.41) is 8.04. The zero-order valence-corrected chi connectivity index (χ0v) is 10.6. The molecule has 1 aromatic rings. The molecule has 0 unspecified atom stereocenters. The van der Waals surface area contributed by atoms with Crippen molar-refractivity contribution < 1.29 is 0 Å². The lowest BCUT2D eigenvalue weighted by Gasteiger charge is -2.24. The molecule has 1 N–H and O–H groups in total. The van der Waals surface area contributed by atoms with E-state index in [-0.39, 0.29) is 0 Å². The van der Waals surface area contributed by atoms with Crippen molar-refractivity contribution in [3.63, 3.8) is 0 Å². The van der Waals surface area contributed by atoms with Crippen LogP contribution < -0.4 is 5.32 Å². The summed E-state index contributed by atoms with van der Waals surface area (Å²) in [5.41, 5.74) is 1.93. The van der Waals surface area contributed by atoms with E-state index in [0.717, 1.165) is 6.04 Å². The highest BCUT2D eigenvalue weighted by atomic mass is 32.1. The molecule has 0 saturated heterocycles. The quantitative estimate of drug-likeness (QED) is 0.779. The minimum atomic E-state index is 0.433. The van der Waals surface area contributed by atoms with Crippen LogP contribution in [0.5, 0.6) is 0 Å². The van der Waals surface area contributed by atoms with Crippen LogP contribution in [0.2, 0.25) is 0 Å². The first-order valence-electron chi connectivity index (χ1n) is 5.90. The highest BCUT2D eigenvalue weighted by molar-refractivity contribution is 7.07. The van der Waals surface area contributed by atoms with E-state index < -0.39 is 0 Å². The fourth-order valence-electron chi connectivity index (χ4n) is 1.94. The van der Waals surface area contributed by atoms with E-state index in [2.05, 4.69) is 36.0 Å². The van der Waals surface area contributed by atoms with E-state index in [0.29, 0.717) is 5.41 Å². The first kappa shape index (κ1) is 11.2. The number of hydrogen-bond acceptors (Lipinski definition) is 2. The fraction of sp³-hybridized carbons (Fsp3) is 0.692. The summed E-state index contributed by atoms with van der Waals surface area (Å²) in [6.07, 6.45) is 5.28. The molecule has 84 valence electrons. The second-order valence-corrected chi connectivity index (χ2v) is 6.23. The molecule has 0 spiro atoms. The maximum atomic E-state index is 3.59. The van der Waals surface area contributed by atoms with Crippen molar-refractivity contribution in [2.45, 2.75) is 45.6 Å². The molecule has 1 aliphatic carbocycles. The number of nitrogens with one attached hydrogen (secondary N) is 1. The summed E-state index contributed by atoms with van der Waals surface area (Å²) in [4.78, 5) is 0. The van der Waals surface area contributed by atoms with Crippen LogP contribution in [0, 0.1) is 5.41 Å². The van der Waals surface area contributed by atoms with Gasteiger partial charge in [0.05, 0.1) is 0 Å². The van der Waals surface area contributed by atoms with Crippen LogP contribution >= 0.6 is 11.3 Å². The van der Waals surface area contributed by atoms with Crippen molar-refractivity contribution in [1.82, 2.24) is 5.32 Å². The van der Waals surface area contributed by atoms with Gasteiger partial charge in [-0.05, 0) is 60.0 Å². The van der Waals surface area contributed by atoms with Gasteiger partial charge in [-0.25, -0.2) is 0 Å². The minimum Gasteiger partial charge on any atom is -0.314 e. The summed E-state index contributed by atoms with van der Waals surface area (Å²) in [7, 11) is 0. The number of hydrogen-bond donors (Lipinski definition) is 1. The van der Waals surface area contributed by atoms with Gasteiger partial charge in [-0.15, -0.1) is 0 Å². The van der Waals surface area contributed by atoms with E-state index in [9.17, 15) is 0 Å². The third kappa shape index (κ3) is 3.96. The molecule has 1 heterocycles. The summed E-state index contributed by atoms with van der Waals surface area (Å²) in [6.45, 7) is 5.93. The van der Waals surface area contributed by atoms with Crippen molar-refractivity contribution in [2.24, 2.45) is 5.41 Å². The zero-order chi connectivity index (χ0) is 10.7. The monoisotopic (exact) mass is 223 g/mol. The maximum absolute atomic E-state index is 3.59. The average Bonchev–Trinajstić information content (AvgIpc) is 2.83. The zero-order valence-electron chi connectivity index (χ0n) is 9.75. The molecular formula is C13H21NS. The Kier molecular flexibility index (Phi) is 3.47. The highest BCUT2D eigenvalue weighted by Crippen LogP contribution is 2.27. The molecular weight excluding hydrogens is 202 g/mol. The average molecular weight is 223 g/mol. The normalized spacial score (nSPS) is 16.9. The predicted molar refractivity (Wildman–Crippen MR) is 67.4 cm³/mol. The Bertz CT molecular complexity index is 285. The Hall–Kier alpha value is -0.340. The van der Waals surface area contributed by atoms with Gasteiger partial charge >= 0.3 is 0 Å². The SMILES string of the molecule is CC(C)(CCNC1CC1)Cc1ccsc1. The van der Waals surface area contributed by atoms with Gasteiger partial charge in [0.1, 0.15) is 0 Å². The number of thiophene rings is 1. The molecule has 2 rings (SSSR count). The Morgan fingerprint density at radius 3 is 2.87 bits per heavy atom. The Morgan fingerprint density at radius 2 is 2.27 bits per heavy atom. The largest absolute Gasteiger partial charge is 0.314 e. The topological polar surface area (TPSA) is 12.0 Å². The summed E-state index contributed by atoms with van der Waals surface area (Å²) >= 11 is 1.80. The lowest BCUT2D eigenvalue weighted by molar-refractivity contribution is 0.325. The van der Waals surface area contributed by atoms with Gasteiger partial charge in [0.25, 0.3) is 0 Å². The third-order valence-corrected chi connectivity index (χ3v) is 3.81. The molecule has 1 saturated carbocycles. The Morgan fingerprint density at radius 1 is 1.47 bits per heavy atom. The molecule has 0 atom stereocenters. The minimum absolute atomic E-state index is 0.433. The molecule has 15 heavy (non-hydrogen) atoms. The molecule has 1 aromatic heterocycles. The van der Waals surface area contributed by atoms with Gasteiger partial charge < -0.3 is 5.32 Å². The first-order chi connectivity index (χ1) is 7.16. The summed E-state index contributed by atoms with van der Waals surface area (Å²) < 4.78 is 0. The molecule has 1 fully saturated rings. The third-order valence-electron chi connectivity index (χ3n) is 3.07. The molecule has 0 radical (unpaired) electrons.